The van der Waals surface area contributed by atoms with E-state index in [2.05, 4.69) is 16.0 Å². The van der Waals surface area contributed by atoms with E-state index in [1.807, 2.05) is 91.0 Å². The molecule has 0 fully saturated rings. The number of benzene rings is 6. The summed E-state index contributed by atoms with van der Waals surface area (Å²) in [5.41, 5.74) is 2.98. The molecule has 6 aromatic rings. The first-order valence-corrected chi connectivity index (χ1v) is 17.3. The number of halogens is 1. The molecule has 1 unspecified atom stereocenters. The van der Waals surface area contributed by atoms with Crippen molar-refractivity contribution >= 4 is 58.5 Å². The molecule has 3 N–H and O–H groups in total. The highest BCUT2D eigenvalue weighted by Crippen LogP contribution is 2.37. The summed E-state index contributed by atoms with van der Waals surface area (Å²) in [5, 5.41) is 8.49. The molecule has 1 atom stereocenters. The molecule has 0 heterocycles. The van der Waals surface area contributed by atoms with E-state index in [4.69, 9.17) is 16.3 Å². The average molecular weight is 710 g/mol. The quantitative estimate of drug-likeness (QED) is 0.0868. The summed E-state index contributed by atoms with van der Waals surface area (Å²) in [5.74, 6) is 0.234. The molecule has 9 heteroatoms. The third kappa shape index (κ3) is 9.76. The van der Waals surface area contributed by atoms with Gasteiger partial charge in [-0.2, -0.15) is 0 Å². The normalized spacial score (nSPS) is 11.6. The number of ether oxygens (including phenoxy) is 1. The Hall–Kier alpha value is -6.09. The van der Waals surface area contributed by atoms with Crippen LogP contribution in [0.2, 0.25) is 5.02 Å². The predicted octanol–water partition coefficient (Wildman–Crippen LogP) is 10.0. The number of hydrogen-bond donors (Lipinski definition) is 3. The Kier molecular flexibility index (Phi) is 11.6. The summed E-state index contributed by atoms with van der Waals surface area (Å²) in [6.07, 6.45) is 1.54. The minimum atomic E-state index is -0.565. The van der Waals surface area contributed by atoms with Crippen LogP contribution in [-0.4, -0.2) is 17.7 Å². The van der Waals surface area contributed by atoms with Crippen molar-refractivity contribution in [3.05, 3.63) is 191 Å². The van der Waals surface area contributed by atoms with E-state index in [0.717, 1.165) is 16.2 Å². The van der Waals surface area contributed by atoms with Gasteiger partial charge in [-0.3, -0.25) is 14.4 Å². The van der Waals surface area contributed by atoms with E-state index in [9.17, 15) is 14.4 Å². The molecular weight excluding hydrogens is 678 g/mol. The van der Waals surface area contributed by atoms with Gasteiger partial charge in [0.25, 0.3) is 11.8 Å². The molecule has 0 aromatic heterocycles. The Bertz CT molecular complexity index is 2130. The van der Waals surface area contributed by atoms with Crippen molar-refractivity contribution in [2.45, 2.75) is 10.1 Å². The van der Waals surface area contributed by atoms with E-state index in [0.29, 0.717) is 33.3 Å². The van der Waals surface area contributed by atoms with Crippen molar-refractivity contribution in [3.63, 3.8) is 0 Å². The van der Waals surface area contributed by atoms with Crippen LogP contribution in [0.5, 0.6) is 11.5 Å². The van der Waals surface area contributed by atoms with E-state index in [-0.39, 0.29) is 11.6 Å². The van der Waals surface area contributed by atoms with Crippen molar-refractivity contribution < 1.29 is 19.1 Å². The van der Waals surface area contributed by atoms with E-state index in [1.165, 1.54) is 17.8 Å². The Morgan fingerprint density at radius 3 is 1.82 bits per heavy atom. The van der Waals surface area contributed by atoms with Gasteiger partial charge in [0.2, 0.25) is 5.91 Å². The lowest BCUT2D eigenvalue weighted by Gasteiger charge is -2.18. The average Bonchev–Trinajstić information content (AvgIpc) is 3.17. The molecule has 0 aliphatic heterocycles. The second kappa shape index (κ2) is 17.0. The molecule has 51 heavy (non-hydrogen) atoms. The lowest BCUT2D eigenvalue weighted by atomic mass is 10.1. The molecule has 0 aliphatic rings. The van der Waals surface area contributed by atoms with Gasteiger partial charge in [0.05, 0.1) is 0 Å². The zero-order valence-corrected chi connectivity index (χ0v) is 28.7. The summed E-state index contributed by atoms with van der Waals surface area (Å²) in [7, 11) is 0. The smallest absolute Gasteiger partial charge is 0.272 e. The maximum atomic E-state index is 13.7. The maximum absolute atomic E-state index is 13.7. The van der Waals surface area contributed by atoms with Crippen LogP contribution >= 0.6 is 23.4 Å². The van der Waals surface area contributed by atoms with Gasteiger partial charge in [-0.05, 0) is 96.1 Å². The van der Waals surface area contributed by atoms with Gasteiger partial charge in [-0.1, -0.05) is 96.5 Å². The number of para-hydroxylation sites is 1. The third-order valence-corrected chi connectivity index (χ3v) is 9.15. The summed E-state index contributed by atoms with van der Waals surface area (Å²) in [6.45, 7) is 0. The fourth-order valence-corrected chi connectivity index (χ4v) is 6.20. The van der Waals surface area contributed by atoms with Crippen molar-refractivity contribution in [2.24, 2.45) is 0 Å². The zero-order chi connectivity index (χ0) is 35.4. The molecule has 7 nitrogen and oxygen atoms in total. The van der Waals surface area contributed by atoms with Crippen LogP contribution in [-0.2, 0) is 9.59 Å². The van der Waals surface area contributed by atoms with Crippen LogP contribution in [0, 0.1) is 0 Å². The van der Waals surface area contributed by atoms with E-state index >= 15 is 0 Å². The first-order chi connectivity index (χ1) is 24.9. The number of anilines is 2. The van der Waals surface area contributed by atoms with Crippen LogP contribution in [0.1, 0.15) is 26.7 Å². The number of thioether (sulfide) groups is 1. The molecule has 6 rings (SSSR count). The number of carbonyl (C=O) groups excluding carboxylic acids is 3. The fraction of sp³-hybridized carbons (Fsp3) is 0.0238. The van der Waals surface area contributed by atoms with Crippen LogP contribution in [0.25, 0.3) is 6.08 Å². The monoisotopic (exact) mass is 709 g/mol. The number of amides is 3. The summed E-state index contributed by atoms with van der Waals surface area (Å²) < 4.78 is 5.88. The van der Waals surface area contributed by atoms with Gasteiger partial charge >= 0.3 is 0 Å². The molecule has 3 amide bonds. The number of rotatable bonds is 12. The fourth-order valence-electron chi connectivity index (χ4n) is 4.98. The van der Waals surface area contributed by atoms with E-state index in [1.54, 1.807) is 72.8 Å². The SMILES string of the molecule is O=C(Nc1ccc(SC(C(=O)Nc2ccc(Oc3ccccc3)cc2)c2ccccc2)cc1)/C(=C/c1ccccc1Cl)NC(=O)c1ccccc1. The number of nitrogens with one attached hydrogen (secondary N) is 3. The standard InChI is InChI=1S/C42H32ClN3O4S/c43-37-19-11-10-16-31(37)28-38(46-40(47)30-14-6-2-7-15-30)41(48)44-33-22-26-36(27-23-33)51-39(29-12-4-1-5-13-29)42(49)45-32-20-24-35(25-21-32)50-34-17-8-3-9-18-34/h1-28,39H,(H,44,48)(H,45,49)(H,46,47)/b38-28-. The molecule has 0 saturated carbocycles. The Balaban J connectivity index is 1.15. The Morgan fingerprint density at radius 1 is 0.608 bits per heavy atom. The lowest BCUT2D eigenvalue weighted by molar-refractivity contribution is -0.116. The van der Waals surface area contributed by atoms with Crippen LogP contribution in [0.4, 0.5) is 11.4 Å². The van der Waals surface area contributed by atoms with Crippen molar-refractivity contribution in [2.75, 3.05) is 10.6 Å². The highest BCUT2D eigenvalue weighted by atomic mass is 35.5. The van der Waals surface area contributed by atoms with Gasteiger partial charge in [0.15, 0.2) is 0 Å². The Labute approximate surface area is 305 Å². The second-order valence-electron chi connectivity index (χ2n) is 11.2. The van der Waals surface area contributed by atoms with Crippen molar-refractivity contribution in [1.82, 2.24) is 5.32 Å². The summed E-state index contributed by atoms with van der Waals surface area (Å²) >= 11 is 7.75. The second-order valence-corrected chi connectivity index (χ2v) is 12.8. The highest BCUT2D eigenvalue weighted by molar-refractivity contribution is 8.00. The van der Waals surface area contributed by atoms with Gasteiger partial charge < -0.3 is 20.7 Å². The van der Waals surface area contributed by atoms with Gasteiger partial charge in [-0.25, -0.2) is 0 Å². The molecule has 0 saturated heterocycles. The number of hydrogen-bond acceptors (Lipinski definition) is 5. The predicted molar refractivity (Wildman–Crippen MR) is 205 cm³/mol. The molecule has 0 spiro atoms. The first-order valence-electron chi connectivity index (χ1n) is 16.0. The van der Waals surface area contributed by atoms with Gasteiger partial charge in [0.1, 0.15) is 22.4 Å². The molecule has 0 bridgehead atoms. The van der Waals surface area contributed by atoms with Crippen molar-refractivity contribution in [3.8, 4) is 11.5 Å². The molecule has 6 aromatic carbocycles. The van der Waals surface area contributed by atoms with Crippen molar-refractivity contribution in [1.29, 1.82) is 0 Å². The number of carbonyl (C=O) groups is 3. The molecule has 252 valence electrons. The maximum Gasteiger partial charge on any atom is 0.272 e. The zero-order valence-electron chi connectivity index (χ0n) is 27.2. The lowest BCUT2D eigenvalue weighted by Crippen LogP contribution is -2.30. The topological polar surface area (TPSA) is 96.5 Å². The van der Waals surface area contributed by atoms with Crippen LogP contribution < -0.4 is 20.7 Å². The minimum absolute atomic E-state index is 0.0240. The van der Waals surface area contributed by atoms with Crippen LogP contribution in [0.15, 0.2) is 174 Å². The first kappa shape index (κ1) is 34.8. The van der Waals surface area contributed by atoms with Gasteiger partial charge in [-0.15, -0.1) is 11.8 Å². The highest BCUT2D eigenvalue weighted by Gasteiger charge is 2.23. The van der Waals surface area contributed by atoms with Crippen LogP contribution in [0.3, 0.4) is 0 Å². The van der Waals surface area contributed by atoms with E-state index < -0.39 is 17.1 Å². The summed E-state index contributed by atoms with van der Waals surface area (Å²) in [4.78, 5) is 41.0. The minimum Gasteiger partial charge on any atom is -0.457 e. The summed E-state index contributed by atoms with van der Waals surface area (Å²) in [6, 6.07) is 49.1. The van der Waals surface area contributed by atoms with Gasteiger partial charge in [0, 0.05) is 26.9 Å². The molecular formula is C42H32ClN3O4S. The Morgan fingerprint density at radius 2 is 1.16 bits per heavy atom. The largest absolute Gasteiger partial charge is 0.457 e. The third-order valence-electron chi connectivity index (χ3n) is 7.54. The molecule has 0 aliphatic carbocycles. The molecule has 0 radical (unpaired) electrons.